The van der Waals surface area contributed by atoms with Gasteiger partial charge < -0.3 is 4.74 Å². The van der Waals surface area contributed by atoms with Crippen LogP contribution >= 0.6 is 11.3 Å². The Bertz CT molecular complexity index is 906. The molecule has 4 heteroatoms. The molecule has 3 aromatic rings. The molecular weight excluding hydrogens is 340 g/mol. The minimum Gasteiger partial charge on any atom is -0.477 e. The average molecular weight is 367 g/mol. The number of fused-ring (bicyclic) bond motifs is 3. The molecule has 2 heterocycles. The zero-order valence-electron chi connectivity index (χ0n) is 15.8. The highest BCUT2D eigenvalue weighted by Crippen LogP contribution is 2.38. The minimum atomic E-state index is 0.194. The lowest BCUT2D eigenvalue weighted by atomic mass is 9.86. The number of benzene rings is 1. The highest BCUT2D eigenvalue weighted by molar-refractivity contribution is 7.18. The van der Waals surface area contributed by atoms with Gasteiger partial charge in [0.05, 0.1) is 12.0 Å². The fourth-order valence-electron chi connectivity index (χ4n) is 3.61. The van der Waals surface area contributed by atoms with Crippen LogP contribution in [0.1, 0.15) is 55.2 Å². The maximum Gasteiger partial charge on any atom is 0.225 e. The highest BCUT2D eigenvalue weighted by Gasteiger charge is 2.20. The molecule has 26 heavy (non-hydrogen) atoms. The molecule has 2 aromatic heterocycles. The monoisotopic (exact) mass is 366 g/mol. The molecule has 0 atom stereocenters. The third-order valence-electron chi connectivity index (χ3n) is 5.17. The first-order valence-electron chi connectivity index (χ1n) is 9.50. The number of ether oxygens (including phenoxy) is 1. The van der Waals surface area contributed by atoms with E-state index in [1.54, 1.807) is 6.33 Å². The van der Waals surface area contributed by atoms with Crippen molar-refractivity contribution < 1.29 is 4.74 Å². The molecule has 1 aromatic carbocycles. The van der Waals surface area contributed by atoms with E-state index < -0.39 is 0 Å². The molecule has 0 saturated heterocycles. The molecule has 0 radical (unpaired) electrons. The summed E-state index contributed by atoms with van der Waals surface area (Å²) < 4.78 is 6.10. The summed E-state index contributed by atoms with van der Waals surface area (Å²) in [6.07, 6.45) is 7.38. The summed E-state index contributed by atoms with van der Waals surface area (Å²) in [5.74, 6) is 0.765. The minimum absolute atomic E-state index is 0.194. The third-order valence-corrected chi connectivity index (χ3v) is 6.37. The Morgan fingerprint density at radius 3 is 2.58 bits per heavy atom. The van der Waals surface area contributed by atoms with Crippen molar-refractivity contribution in [1.29, 1.82) is 0 Å². The van der Waals surface area contributed by atoms with Gasteiger partial charge in [0.2, 0.25) is 5.88 Å². The number of aromatic nitrogens is 2. The first-order chi connectivity index (χ1) is 12.5. The molecule has 4 rings (SSSR count). The van der Waals surface area contributed by atoms with E-state index in [0.717, 1.165) is 28.9 Å². The molecular formula is C22H26N2OS. The maximum absolute atomic E-state index is 6.10. The summed E-state index contributed by atoms with van der Waals surface area (Å²) in [6, 6.07) is 8.89. The summed E-state index contributed by atoms with van der Waals surface area (Å²) >= 11 is 1.82. The summed E-state index contributed by atoms with van der Waals surface area (Å²) in [5.41, 5.74) is 4.29. The molecule has 0 bridgehead atoms. The first kappa shape index (κ1) is 17.5. The summed E-state index contributed by atoms with van der Waals surface area (Å²) in [4.78, 5) is 11.5. The highest BCUT2D eigenvalue weighted by atomic mass is 32.1. The average Bonchev–Trinajstić information content (AvgIpc) is 3.01. The predicted molar refractivity (Wildman–Crippen MR) is 108 cm³/mol. The van der Waals surface area contributed by atoms with Crippen LogP contribution in [0, 0.1) is 0 Å². The summed E-state index contributed by atoms with van der Waals surface area (Å²) in [6.45, 7) is 7.37. The van der Waals surface area contributed by atoms with Gasteiger partial charge in [-0.1, -0.05) is 45.0 Å². The van der Waals surface area contributed by atoms with Gasteiger partial charge in [-0.05, 0) is 47.8 Å². The maximum atomic E-state index is 6.10. The zero-order valence-corrected chi connectivity index (χ0v) is 16.7. The van der Waals surface area contributed by atoms with E-state index in [1.165, 1.54) is 40.8 Å². The van der Waals surface area contributed by atoms with Crippen LogP contribution in [0.25, 0.3) is 10.2 Å². The normalized spacial score (nSPS) is 14.4. The van der Waals surface area contributed by atoms with Crippen LogP contribution in [0.3, 0.4) is 0 Å². The second-order valence-corrected chi connectivity index (χ2v) is 9.20. The summed E-state index contributed by atoms with van der Waals surface area (Å²) in [7, 11) is 0. The van der Waals surface area contributed by atoms with E-state index in [4.69, 9.17) is 4.74 Å². The topological polar surface area (TPSA) is 35.0 Å². The third kappa shape index (κ3) is 3.48. The van der Waals surface area contributed by atoms with E-state index in [0.29, 0.717) is 6.61 Å². The van der Waals surface area contributed by atoms with Crippen LogP contribution in [-0.4, -0.2) is 16.6 Å². The second kappa shape index (κ2) is 6.99. The molecule has 136 valence electrons. The van der Waals surface area contributed by atoms with Gasteiger partial charge in [-0.3, -0.25) is 0 Å². The standard InChI is InChI=1S/C22H26N2OS/c1-22(2,3)16-10-8-15(9-11-16)12-13-25-20-19-17-6-4-5-7-18(17)26-21(19)24-14-23-20/h8-11,14H,4-7,12-13H2,1-3H3. The van der Waals surface area contributed by atoms with Crippen LogP contribution in [0.4, 0.5) is 0 Å². The quantitative estimate of drug-likeness (QED) is 0.612. The fourth-order valence-corrected chi connectivity index (χ4v) is 4.83. The smallest absolute Gasteiger partial charge is 0.225 e. The fraction of sp³-hybridized carbons (Fsp3) is 0.455. The van der Waals surface area contributed by atoms with Crippen LogP contribution < -0.4 is 4.74 Å². The van der Waals surface area contributed by atoms with E-state index in [9.17, 15) is 0 Å². The van der Waals surface area contributed by atoms with Gasteiger partial charge in [-0.15, -0.1) is 11.3 Å². The van der Waals surface area contributed by atoms with Gasteiger partial charge in [0.15, 0.2) is 0 Å². The molecule has 0 aliphatic heterocycles. The number of hydrogen-bond donors (Lipinski definition) is 0. The molecule has 1 aliphatic carbocycles. The number of nitrogens with zero attached hydrogens (tertiary/aromatic N) is 2. The van der Waals surface area contributed by atoms with Gasteiger partial charge in [-0.2, -0.15) is 0 Å². The van der Waals surface area contributed by atoms with Gasteiger partial charge in [0.25, 0.3) is 0 Å². The van der Waals surface area contributed by atoms with Crippen molar-refractivity contribution in [2.24, 2.45) is 0 Å². The molecule has 3 nitrogen and oxygen atoms in total. The van der Waals surface area contributed by atoms with Gasteiger partial charge >= 0.3 is 0 Å². The molecule has 0 amide bonds. The van der Waals surface area contributed by atoms with Crippen LogP contribution in [0.5, 0.6) is 5.88 Å². The Morgan fingerprint density at radius 1 is 1.04 bits per heavy atom. The number of rotatable bonds is 4. The molecule has 0 N–H and O–H groups in total. The predicted octanol–water partition coefficient (Wildman–Crippen LogP) is 5.49. The molecule has 0 fully saturated rings. The lowest BCUT2D eigenvalue weighted by Crippen LogP contribution is -2.11. The van der Waals surface area contributed by atoms with E-state index in [2.05, 4.69) is 55.0 Å². The lowest BCUT2D eigenvalue weighted by Gasteiger charge is -2.19. The Balaban J connectivity index is 1.47. The Labute approximate surface area is 159 Å². The lowest BCUT2D eigenvalue weighted by molar-refractivity contribution is 0.313. The van der Waals surface area contributed by atoms with Gasteiger partial charge in [0, 0.05) is 11.3 Å². The van der Waals surface area contributed by atoms with Gasteiger partial charge in [-0.25, -0.2) is 9.97 Å². The van der Waals surface area contributed by atoms with E-state index >= 15 is 0 Å². The Hall–Kier alpha value is -1.94. The van der Waals surface area contributed by atoms with Crippen molar-refractivity contribution in [2.75, 3.05) is 6.61 Å². The van der Waals surface area contributed by atoms with Crippen molar-refractivity contribution in [2.45, 2.75) is 58.3 Å². The van der Waals surface area contributed by atoms with Crippen molar-refractivity contribution in [1.82, 2.24) is 9.97 Å². The van der Waals surface area contributed by atoms with Gasteiger partial charge in [0.1, 0.15) is 11.2 Å². The van der Waals surface area contributed by atoms with Crippen LogP contribution in [0.2, 0.25) is 0 Å². The summed E-state index contributed by atoms with van der Waals surface area (Å²) in [5, 5.41) is 1.16. The number of hydrogen-bond acceptors (Lipinski definition) is 4. The van der Waals surface area contributed by atoms with Crippen molar-refractivity contribution in [3.8, 4) is 5.88 Å². The Kier molecular flexibility index (Phi) is 4.70. The van der Waals surface area contributed by atoms with E-state index in [-0.39, 0.29) is 5.41 Å². The van der Waals surface area contributed by atoms with E-state index in [1.807, 2.05) is 11.3 Å². The van der Waals surface area contributed by atoms with Crippen LogP contribution in [0.15, 0.2) is 30.6 Å². The Morgan fingerprint density at radius 2 is 1.81 bits per heavy atom. The SMILES string of the molecule is CC(C)(C)c1ccc(CCOc2ncnc3sc4c(c23)CCCC4)cc1. The number of aryl methyl sites for hydroxylation is 2. The van der Waals surface area contributed by atoms with Crippen molar-refractivity contribution >= 4 is 21.6 Å². The van der Waals surface area contributed by atoms with Crippen molar-refractivity contribution in [3.05, 3.63) is 52.2 Å². The van der Waals surface area contributed by atoms with Crippen molar-refractivity contribution in [3.63, 3.8) is 0 Å². The molecule has 0 unspecified atom stereocenters. The first-order valence-corrected chi connectivity index (χ1v) is 10.3. The molecule has 1 aliphatic rings. The zero-order chi connectivity index (χ0) is 18.1. The molecule has 0 spiro atoms. The van der Waals surface area contributed by atoms with Crippen LogP contribution in [-0.2, 0) is 24.7 Å². The second-order valence-electron chi connectivity index (χ2n) is 8.12. The molecule has 0 saturated carbocycles. The number of thiophene rings is 1. The largest absolute Gasteiger partial charge is 0.477 e.